The maximum absolute atomic E-state index is 13.0. The Labute approximate surface area is 156 Å². The third-order valence-corrected chi connectivity index (χ3v) is 6.27. The molecule has 27 heavy (non-hydrogen) atoms. The number of nitro groups is 1. The molecule has 0 aliphatic carbocycles. The summed E-state index contributed by atoms with van der Waals surface area (Å²) in [5.41, 5.74) is -0.463. The van der Waals surface area contributed by atoms with Crippen LogP contribution in [0.2, 0.25) is 0 Å². The van der Waals surface area contributed by atoms with Crippen molar-refractivity contribution in [3.63, 3.8) is 0 Å². The molecule has 7 nitrogen and oxygen atoms in total. The number of hydrogen-bond acceptors (Lipinski definition) is 5. The Morgan fingerprint density at radius 1 is 1.00 bits per heavy atom. The molecule has 1 aliphatic rings. The van der Waals surface area contributed by atoms with Gasteiger partial charge in [-0.25, -0.2) is 12.8 Å². The maximum Gasteiger partial charge on any atom is 0.312 e. The van der Waals surface area contributed by atoms with Crippen molar-refractivity contribution in [2.45, 2.75) is 30.6 Å². The predicted molar refractivity (Wildman–Crippen MR) is 96.8 cm³/mol. The highest BCUT2D eigenvalue weighted by Gasteiger charge is 2.28. The van der Waals surface area contributed by atoms with E-state index in [0.717, 1.165) is 31.7 Å². The summed E-state index contributed by atoms with van der Waals surface area (Å²) >= 11 is 0. The summed E-state index contributed by atoms with van der Waals surface area (Å²) < 4.78 is 45.5. The normalized spacial score (nSPS) is 15.9. The summed E-state index contributed by atoms with van der Waals surface area (Å²) in [5, 5.41) is 11.4. The maximum atomic E-state index is 13.0. The molecule has 0 N–H and O–H groups in total. The van der Waals surface area contributed by atoms with Crippen molar-refractivity contribution in [2.24, 2.45) is 0 Å². The fourth-order valence-corrected chi connectivity index (χ4v) is 4.48. The first-order valence-corrected chi connectivity index (χ1v) is 10.0. The van der Waals surface area contributed by atoms with Gasteiger partial charge in [0.2, 0.25) is 15.8 Å². The number of ether oxygens (including phenoxy) is 1. The quantitative estimate of drug-likeness (QED) is 0.563. The topological polar surface area (TPSA) is 89.8 Å². The molecular formula is C18H19FN2O5S. The number of halogens is 1. The van der Waals surface area contributed by atoms with Crippen molar-refractivity contribution in [1.29, 1.82) is 0 Å². The minimum atomic E-state index is -3.81. The Morgan fingerprint density at radius 2 is 1.63 bits per heavy atom. The summed E-state index contributed by atoms with van der Waals surface area (Å²) in [7, 11) is -3.81. The number of nitro benzene ring substituents is 1. The van der Waals surface area contributed by atoms with Gasteiger partial charge in [0.25, 0.3) is 0 Å². The monoisotopic (exact) mass is 394 g/mol. The summed E-state index contributed by atoms with van der Waals surface area (Å²) in [6.07, 6.45) is 3.48. The molecule has 1 aliphatic heterocycles. The third kappa shape index (κ3) is 4.42. The minimum Gasteiger partial charge on any atom is -0.450 e. The SMILES string of the molecule is O=[N+]([O-])c1cc(S(=O)(=O)N2CCCCCC2)ccc1Oc1ccc(F)cc1. The molecule has 1 fully saturated rings. The van der Waals surface area contributed by atoms with Crippen molar-refractivity contribution >= 4 is 15.7 Å². The van der Waals surface area contributed by atoms with Crippen LogP contribution in [0, 0.1) is 15.9 Å². The number of nitrogens with zero attached hydrogens (tertiary/aromatic N) is 2. The molecule has 2 aromatic carbocycles. The van der Waals surface area contributed by atoms with Gasteiger partial charge in [-0.2, -0.15) is 4.31 Å². The van der Waals surface area contributed by atoms with Crippen LogP contribution in [0.5, 0.6) is 11.5 Å². The highest BCUT2D eigenvalue weighted by Crippen LogP contribution is 2.34. The highest BCUT2D eigenvalue weighted by atomic mass is 32.2. The molecule has 0 atom stereocenters. The first-order chi connectivity index (χ1) is 12.9. The van der Waals surface area contributed by atoms with E-state index in [1.54, 1.807) is 0 Å². The Hall–Kier alpha value is -2.52. The van der Waals surface area contributed by atoms with Gasteiger partial charge in [-0.3, -0.25) is 10.1 Å². The standard InChI is InChI=1S/C18H19FN2O5S/c19-14-5-7-15(8-6-14)26-18-10-9-16(13-17(18)21(22)23)27(24,25)20-11-3-1-2-4-12-20/h5-10,13H,1-4,11-12H2. The molecule has 0 bridgehead atoms. The van der Waals surface area contributed by atoms with Gasteiger partial charge in [0, 0.05) is 19.2 Å². The molecule has 2 aromatic rings. The molecule has 0 spiro atoms. The van der Waals surface area contributed by atoms with Gasteiger partial charge >= 0.3 is 5.69 Å². The second-order valence-corrected chi connectivity index (χ2v) is 8.20. The van der Waals surface area contributed by atoms with Gasteiger partial charge < -0.3 is 4.74 Å². The van der Waals surface area contributed by atoms with Crippen molar-refractivity contribution in [1.82, 2.24) is 4.31 Å². The number of benzene rings is 2. The second-order valence-electron chi connectivity index (χ2n) is 6.26. The molecule has 0 amide bonds. The van der Waals surface area contributed by atoms with E-state index in [1.165, 1.54) is 40.7 Å². The van der Waals surface area contributed by atoms with Gasteiger partial charge in [-0.15, -0.1) is 0 Å². The smallest absolute Gasteiger partial charge is 0.312 e. The summed E-state index contributed by atoms with van der Waals surface area (Å²) in [6, 6.07) is 8.57. The molecule has 1 saturated heterocycles. The van der Waals surface area contributed by atoms with Crippen molar-refractivity contribution in [3.05, 3.63) is 58.4 Å². The summed E-state index contributed by atoms with van der Waals surface area (Å²) in [6.45, 7) is 0.813. The lowest BCUT2D eigenvalue weighted by Crippen LogP contribution is -2.31. The lowest BCUT2D eigenvalue weighted by Gasteiger charge is -2.20. The zero-order chi connectivity index (χ0) is 19.4. The average molecular weight is 394 g/mol. The number of rotatable bonds is 5. The Bertz CT molecular complexity index is 923. The van der Waals surface area contributed by atoms with Crippen molar-refractivity contribution in [3.8, 4) is 11.5 Å². The van der Waals surface area contributed by atoms with Crippen LogP contribution in [0.15, 0.2) is 47.4 Å². The van der Waals surface area contributed by atoms with E-state index >= 15 is 0 Å². The van der Waals surface area contributed by atoms with Gasteiger partial charge in [-0.1, -0.05) is 12.8 Å². The summed E-state index contributed by atoms with van der Waals surface area (Å²) in [4.78, 5) is 10.6. The fourth-order valence-electron chi connectivity index (χ4n) is 2.95. The lowest BCUT2D eigenvalue weighted by atomic mass is 10.2. The Morgan fingerprint density at radius 3 is 2.22 bits per heavy atom. The first-order valence-electron chi connectivity index (χ1n) is 8.60. The van der Waals surface area contributed by atoms with Crippen molar-refractivity contribution in [2.75, 3.05) is 13.1 Å². The third-order valence-electron chi connectivity index (χ3n) is 4.37. The van der Waals surface area contributed by atoms with E-state index in [2.05, 4.69) is 0 Å². The highest BCUT2D eigenvalue weighted by molar-refractivity contribution is 7.89. The van der Waals surface area contributed by atoms with Crippen LogP contribution in [0.3, 0.4) is 0 Å². The molecule has 0 saturated carbocycles. The van der Waals surface area contributed by atoms with E-state index in [-0.39, 0.29) is 16.4 Å². The van der Waals surface area contributed by atoms with E-state index in [4.69, 9.17) is 4.74 Å². The van der Waals surface area contributed by atoms with E-state index in [9.17, 15) is 22.9 Å². The zero-order valence-corrected chi connectivity index (χ0v) is 15.3. The molecule has 0 unspecified atom stereocenters. The van der Waals surface area contributed by atoms with Gasteiger partial charge in [-0.05, 0) is 49.2 Å². The molecule has 0 aromatic heterocycles. The molecule has 3 rings (SSSR count). The van der Waals surface area contributed by atoms with Crippen LogP contribution in [-0.2, 0) is 10.0 Å². The largest absolute Gasteiger partial charge is 0.450 e. The minimum absolute atomic E-state index is 0.110. The summed E-state index contributed by atoms with van der Waals surface area (Å²) in [5.74, 6) is -0.361. The van der Waals surface area contributed by atoms with Crippen LogP contribution in [0.25, 0.3) is 0 Å². The second kappa shape index (κ2) is 8.01. The van der Waals surface area contributed by atoms with Crippen LogP contribution in [-0.4, -0.2) is 30.7 Å². The fraction of sp³-hybridized carbons (Fsp3) is 0.333. The van der Waals surface area contributed by atoms with Gasteiger partial charge in [0.15, 0.2) is 0 Å². The molecular weight excluding hydrogens is 375 g/mol. The Balaban J connectivity index is 1.93. The Kier molecular flexibility index (Phi) is 5.71. The van der Waals surface area contributed by atoms with Crippen LogP contribution >= 0.6 is 0 Å². The van der Waals surface area contributed by atoms with Crippen LogP contribution in [0.1, 0.15) is 25.7 Å². The van der Waals surface area contributed by atoms with Crippen molar-refractivity contribution < 1.29 is 22.5 Å². The van der Waals surface area contributed by atoms with Crippen LogP contribution < -0.4 is 4.74 Å². The van der Waals surface area contributed by atoms with E-state index in [0.29, 0.717) is 13.1 Å². The van der Waals surface area contributed by atoms with Gasteiger partial charge in [0.05, 0.1) is 9.82 Å². The van der Waals surface area contributed by atoms with Crippen LogP contribution in [0.4, 0.5) is 10.1 Å². The molecule has 9 heteroatoms. The van der Waals surface area contributed by atoms with Gasteiger partial charge in [0.1, 0.15) is 11.6 Å². The lowest BCUT2D eigenvalue weighted by molar-refractivity contribution is -0.385. The molecule has 0 radical (unpaired) electrons. The zero-order valence-electron chi connectivity index (χ0n) is 14.5. The van der Waals surface area contributed by atoms with E-state index < -0.39 is 26.5 Å². The number of sulfonamides is 1. The predicted octanol–water partition coefficient (Wildman–Crippen LogP) is 4.09. The van der Waals surface area contributed by atoms with E-state index in [1.807, 2.05) is 0 Å². The molecule has 144 valence electrons. The average Bonchev–Trinajstić information content (AvgIpc) is 2.93. The molecule has 1 heterocycles. The first kappa shape index (κ1) is 19.2. The number of hydrogen-bond donors (Lipinski definition) is 0.